The predicted molar refractivity (Wildman–Crippen MR) is 83.9 cm³/mol. The van der Waals surface area contributed by atoms with E-state index >= 15 is 0 Å². The van der Waals surface area contributed by atoms with Gasteiger partial charge in [0.2, 0.25) is 10.0 Å². The Morgan fingerprint density at radius 1 is 1.10 bits per heavy atom. The fraction of sp³-hybridized carbons (Fsp3) is 0.625. The molecule has 2 fully saturated rings. The summed E-state index contributed by atoms with van der Waals surface area (Å²) in [5, 5.41) is 0. The maximum atomic E-state index is 12.3. The van der Waals surface area contributed by atoms with Crippen LogP contribution >= 0.6 is 0 Å². The Morgan fingerprint density at radius 3 is 2.19 bits per heavy atom. The van der Waals surface area contributed by atoms with E-state index in [0.29, 0.717) is 19.0 Å². The number of nitrogens with one attached hydrogen (secondary N) is 1. The second-order valence-electron chi connectivity index (χ2n) is 6.42. The second kappa shape index (κ2) is 6.07. The summed E-state index contributed by atoms with van der Waals surface area (Å²) >= 11 is 0. The molecule has 116 valence electrons. The number of sulfonamides is 1. The van der Waals surface area contributed by atoms with Crippen LogP contribution < -0.4 is 10.5 Å². The van der Waals surface area contributed by atoms with Gasteiger partial charge in [0.05, 0.1) is 5.75 Å². The second-order valence-corrected chi connectivity index (χ2v) is 8.23. The molecule has 0 atom stereocenters. The van der Waals surface area contributed by atoms with Gasteiger partial charge in [-0.15, -0.1) is 0 Å². The van der Waals surface area contributed by atoms with Gasteiger partial charge in [0.25, 0.3) is 0 Å². The first kappa shape index (κ1) is 15.0. The monoisotopic (exact) mass is 308 g/mol. The number of benzene rings is 1. The van der Waals surface area contributed by atoms with Gasteiger partial charge in [0.1, 0.15) is 0 Å². The van der Waals surface area contributed by atoms with Crippen molar-refractivity contribution >= 4 is 10.0 Å². The first-order valence-corrected chi connectivity index (χ1v) is 9.48. The quantitative estimate of drug-likeness (QED) is 0.771. The molecule has 3 rings (SSSR count). The summed E-state index contributed by atoms with van der Waals surface area (Å²) in [4.78, 5) is 0. The lowest BCUT2D eigenvalue weighted by Gasteiger charge is -2.17. The maximum Gasteiger partial charge on any atom is 0.215 e. The van der Waals surface area contributed by atoms with E-state index in [2.05, 4.69) is 4.72 Å². The van der Waals surface area contributed by atoms with Crippen molar-refractivity contribution in [3.05, 3.63) is 35.4 Å². The van der Waals surface area contributed by atoms with Crippen LogP contribution in [-0.4, -0.2) is 15.0 Å². The van der Waals surface area contributed by atoms with Crippen LogP contribution in [0.2, 0.25) is 0 Å². The Labute approximate surface area is 127 Å². The number of hydrogen-bond acceptors (Lipinski definition) is 3. The molecule has 3 N–H and O–H groups in total. The zero-order valence-electron chi connectivity index (χ0n) is 12.3. The highest BCUT2D eigenvalue weighted by atomic mass is 32.2. The van der Waals surface area contributed by atoms with Crippen molar-refractivity contribution in [2.75, 3.05) is 6.54 Å². The molecule has 1 aromatic rings. The van der Waals surface area contributed by atoms with Crippen molar-refractivity contribution in [1.29, 1.82) is 0 Å². The highest BCUT2D eigenvalue weighted by molar-refractivity contribution is 7.88. The molecule has 4 nitrogen and oxygen atoms in total. The summed E-state index contributed by atoms with van der Waals surface area (Å²) in [7, 11) is -3.28. The normalized spacial score (nSPS) is 19.1. The van der Waals surface area contributed by atoms with E-state index < -0.39 is 10.0 Å². The predicted octanol–water partition coefficient (Wildman–Crippen LogP) is 2.00. The zero-order chi connectivity index (χ0) is 14.9. The van der Waals surface area contributed by atoms with Gasteiger partial charge in [-0.25, -0.2) is 13.1 Å². The molecule has 0 aliphatic heterocycles. The SMILES string of the molecule is NCc1ccccc1CS(=O)(=O)NCC(C1CC1)C1CC1. The largest absolute Gasteiger partial charge is 0.326 e. The van der Waals surface area contributed by atoms with E-state index in [9.17, 15) is 8.42 Å². The molecule has 0 amide bonds. The Hall–Kier alpha value is -0.910. The van der Waals surface area contributed by atoms with Gasteiger partial charge in [0.15, 0.2) is 0 Å². The van der Waals surface area contributed by atoms with Crippen molar-refractivity contribution in [2.45, 2.75) is 38.0 Å². The van der Waals surface area contributed by atoms with Gasteiger partial charge in [-0.05, 0) is 54.6 Å². The maximum absolute atomic E-state index is 12.3. The van der Waals surface area contributed by atoms with E-state index in [1.165, 1.54) is 25.7 Å². The van der Waals surface area contributed by atoms with Crippen LogP contribution in [0.15, 0.2) is 24.3 Å². The van der Waals surface area contributed by atoms with E-state index in [1.807, 2.05) is 24.3 Å². The molecule has 2 saturated carbocycles. The van der Waals surface area contributed by atoms with Crippen LogP contribution in [0.5, 0.6) is 0 Å². The average molecular weight is 308 g/mol. The van der Waals surface area contributed by atoms with Gasteiger partial charge >= 0.3 is 0 Å². The molecule has 2 aliphatic rings. The fourth-order valence-corrected chi connectivity index (χ4v) is 4.38. The van der Waals surface area contributed by atoms with Crippen LogP contribution in [0.3, 0.4) is 0 Å². The molecular formula is C16H24N2O2S. The smallest absolute Gasteiger partial charge is 0.215 e. The molecule has 0 spiro atoms. The third-order valence-electron chi connectivity index (χ3n) is 4.68. The summed E-state index contributed by atoms with van der Waals surface area (Å²) in [6, 6.07) is 7.49. The fourth-order valence-electron chi connectivity index (χ4n) is 3.14. The van der Waals surface area contributed by atoms with Gasteiger partial charge in [-0.2, -0.15) is 0 Å². The Balaban J connectivity index is 1.61. The van der Waals surface area contributed by atoms with Gasteiger partial charge in [-0.1, -0.05) is 24.3 Å². The molecule has 0 heterocycles. The zero-order valence-corrected chi connectivity index (χ0v) is 13.1. The lowest BCUT2D eigenvalue weighted by atomic mass is 9.99. The Morgan fingerprint density at radius 2 is 1.67 bits per heavy atom. The lowest BCUT2D eigenvalue weighted by molar-refractivity contribution is 0.401. The van der Waals surface area contributed by atoms with Crippen molar-refractivity contribution in [1.82, 2.24) is 4.72 Å². The van der Waals surface area contributed by atoms with E-state index in [0.717, 1.165) is 23.0 Å². The lowest BCUT2D eigenvalue weighted by Crippen LogP contribution is -2.32. The molecule has 2 aliphatic carbocycles. The molecule has 0 radical (unpaired) electrons. The van der Waals surface area contributed by atoms with Crippen LogP contribution in [0.1, 0.15) is 36.8 Å². The molecule has 1 aromatic carbocycles. The third kappa shape index (κ3) is 4.05. The minimum atomic E-state index is -3.28. The minimum Gasteiger partial charge on any atom is -0.326 e. The van der Waals surface area contributed by atoms with Crippen LogP contribution in [0.4, 0.5) is 0 Å². The van der Waals surface area contributed by atoms with Gasteiger partial charge in [0, 0.05) is 13.1 Å². The van der Waals surface area contributed by atoms with Gasteiger partial charge in [-0.3, -0.25) is 0 Å². The highest BCUT2D eigenvalue weighted by Crippen LogP contribution is 2.48. The van der Waals surface area contributed by atoms with E-state index in [4.69, 9.17) is 5.73 Å². The third-order valence-corrected chi connectivity index (χ3v) is 5.98. The topological polar surface area (TPSA) is 72.2 Å². The number of hydrogen-bond donors (Lipinski definition) is 2. The van der Waals surface area contributed by atoms with Crippen LogP contribution in [0.25, 0.3) is 0 Å². The van der Waals surface area contributed by atoms with Crippen molar-refractivity contribution in [2.24, 2.45) is 23.5 Å². The Kier molecular flexibility index (Phi) is 4.33. The molecule has 21 heavy (non-hydrogen) atoms. The molecule has 0 bridgehead atoms. The highest BCUT2D eigenvalue weighted by Gasteiger charge is 2.41. The molecule has 0 saturated heterocycles. The first-order valence-electron chi connectivity index (χ1n) is 7.83. The van der Waals surface area contributed by atoms with Crippen molar-refractivity contribution < 1.29 is 8.42 Å². The van der Waals surface area contributed by atoms with E-state index in [1.54, 1.807) is 0 Å². The summed E-state index contributed by atoms with van der Waals surface area (Å²) in [5.41, 5.74) is 7.39. The summed E-state index contributed by atoms with van der Waals surface area (Å²) in [6.07, 6.45) is 5.11. The number of nitrogens with two attached hydrogens (primary N) is 1. The van der Waals surface area contributed by atoms with Crippen molar-refractivity contribution in [3.8, 4) is 0 Å². The van der Waals surface area contributed by atoms with Crippen molar-refractivity contribution in [3.63, 3.8) is 0 Å². The standard InChI is InChI=1S/C16H24N2O2S/c17-9-14-3-1-2-4-15(14)11-21(19,20)18-10-16(12-5-6-12)13-7-8-13/h1-4,12-13,16,18H,5-11,17H2. The summed E-state index contributed by atoms with van der Waals surface area (Å²) < 4.78 is 27.4. The average Bonchev–Trinajstić information content (AvgIpc) is 3.33. The number of rotatable bonds is 8. The molecule has 5 heteroatoms. The molecule has 0 unspecified atom stereocenters. The summed E-state index contributed by atoms with van der Waals surface area (Å²) in [5.74, 6) is 2.11. The summed E-state index contributed by atoms with van der Waals surface area (Å²) in [6.45, 7) is 0.987. The van der Waals surface area contributed by atoms with Gasteiger partial charge < -0.3 is 5.73 Å². The molecular weight excluding hydrogens is 284 g/mol. The first-order chi connectivity index (χ1) is 10.1. The van der Waals surface area contributed by atoms with Crippen LogP contribution in [0, 0.1) is 17.8 Å². The van der Waals surface area contributed by atoms with Crippen LogP contribution in [-0.2, 0) is 22.3 Å². The molecule has 0 aromatic heterocycles. The van der Waals surface area contributed by atoms with E-state index in [-0.39, 0.29) is 5.75 Å². The Bertz CT molecular complexity index is 580. The minimum absolute atomic E-state index is 0.0302.